The Morgan fingerprint density at radius 1 is 1.07 bits per heavy atom. The van der Waals surface area contributed by atoms with Crippen LogP contribution in [0, 0.1) is 6.92 Å². The number of carbonyl (C=O) groups is 1. The van der Waals surface area contributed by atoms with Gasteiger partial charge in [-0.15, -0.1) is 10.2 Å². The summed E-state index contributed by atoms with van der Waals surface area (Å²) >= 11 is 5.92. The normalized spacial score (nSPS) is 11.3. The highest BCUT2D eigenvalue weighted by Crippen LogP contribution is 2.27. The second kappa shape index (κ2) is 7.72. The molecule has 0 saturated heterocycles. The summed E-state index contributed by atoms with van der Waals surface area (Å²) in [4.78, 5) is 14.9. The summed E-state index contributed by atoms with van der Waals surface area (Å²) in [5, 5.41) is 9.76. The van der Waals surface area contributed by atoms with Crippen molar-refractivity contribution in [3.8, 4) is 11.5 Å². The molecule has 0 bridgehead atoms. The first-order valence-electron chi connectivity index (χ1n) is 9.31. The number of benzene rings is 2. The van der Waals surface area contributed by atoms with E-state index < -0.39 is 0 Å². The molecule has 2 heterocycles. The summed E-state index contributed by atoms with van der Waals surface area (Å²) in [6.45, 7) is 5.95. The molecule has 0 N–H and O–H groups in total. The van der Waals surface area contributed by atoms with Crippen LogP contribution < -0.4 is 0 Å². The van der Waals surface area contributed by atoms with E-state index in [4.69, 9.17) is 20.4 Å². The number of para-hydroxylation sites is 1. The van der Waals surface area contributed by atoms with Gasteiger partial charge in [-0.2, -0.15) is 0 Å². The lowest BCUT2D eigenvalue weighted by Gasteiger charge is -2.24. The molecule has 0 fully saturated rings. The summed E-state index contributed by atoms with van der Waals surface area (Å²) in [6, 6.07) is 14.7. The summed E-state index contributed by atoms with van der Waals surface area (Å²) in [5.74, 6) is 0.857. The average molecular weight is 410 g/mol. The van der Waals surface area contributed by atoms with Crippen LogP contribution >= 0.6 is 11.6 Å². The minimum Gasteiger partial charge on any atom is -0.451 e. The standard InChI is InChI=1S/C22H20ClN3O3/c1-13(2)26(22(27)20-14(3)17-6-4-5-7-18(17)28-20)12-19-24-25-21(29-19)15-8-10-16(23)11-9-15/h4-11,13H,12H2,1-3H3. The Bertz CT molecular complexity index is 1160. The van der Waals surface area contributed by atoms with Crippen molar-refractivity contribution < 1.29 is 13.6 Å². The third-order valence-corrected chi connectivity index (χ3v) is 5.04. The highest BCUT2D eigenvalue weighted by atomic mass is 35.5. The summed E-state index contributed by atoms with van der Waals surface area (Å²) < 4.78 is 11.6. The van der Waals surface area contributed by atoms with E-state index in [1.54, 1.807) is 17.0 Å². The van der Waals surface area contributed by atoms with E-state index in [9.17, 15) is 4.79 Å². The first-order valence-corrected chi connectivity index (χ1v) is 9.69. The van der Waals surface area contributed by atoms with Gasteiger partial charge in [0.15, 0.2) is 5.76 Å². The first kappa shape index (κ1) is 19.2. The molecular weight excluding hydrogens is 390 g/mol. The monoisotopic (exact) mass is 409 g/mol. The van der Waals surface area contributed by atoms with Crippen LogP contribution in [0.3, 0.4) is 0 Å². The Balaban J connectivity index is 1.60. The fourth-order valence-corrected chi connectivity index (χ4v) is 3.30. The Hall–Kier alpha value is -3.12. The van der Waals surface area contributed by atoms with Gasteiger partial charge in [-0.05, 0) is 51.1 Å². The van der Waals surface area contributed by atoms with Gasteiger partial charge in [-0.3, -0.25) is 4.79 Å². The number of furan rings is 1. The van der Waals surface area contributed by atoms with Gasteiger partial charge in [0.05, 0.1) is 6.54 Å². The molecular formula is C22H20ClN3O3. The average Bonchev–Trinajstić information content (AvgIpc) is 3.31. The molecule has 0 aliphatic carbocycles. The van der Waals surface area contributed by atoms with Gasteiger partial charge in [0.1, 0.15) is 5.58 Å². The fraction of sp³-hybridized carbons (Fsp3) is 0.227. The molecule has 148 valence electrons. The Morgan fingerprint density at radius 2 is 1.79 bits per heavy atom. The summed E-state index contributed by atoms with van der Waals surface area (Å²) in [5.41, 5.74) is 2.28. The van der Waals surface area contributed by atoms with Crippen molar-refractivity contribution in [3.63, 3.8) is 0 Å². The van der Waals surface area contributed by atoms with Crippen LogP contribution in [0.2, 0.25) is 5.02 Å². The molecule has 0 radical (unpaired) electrons. The van der Waals surface area contributed by atoms with Crippen molar-refractivity contribution in [3.05, 3.63) is 70.8 Å². The van der Waals surface area contributed by atoms with E-state index in [1.807, 2.05) is 57.2 Å². The van der Waals surface area contributed by atoms with E-state index in [-0.39, 0.29) is 18.5 Å². The van der Waals surface area contributed by atoms with E-state index in [1.165, 1.54) is 0 Å². The van der Waals surface area contributed by atoms with Gasteiger partial charge in [0.25, 0.3) is 5.91 Å². The van der Waals surface area contributed by atoms with Gasteiger partial charge in [-0.1, -0.05) is 29.8 Å². The van der Waals surface area contributed by atoms with Crippen molar-refractivity contribution in [2.75, 3.05) is 0 Å². The number of fused-ring (bicyclic) bond motifs is 1. The molecule has 0 aliphatic rings. The van der Waals surface area contributed by atoms with Crippen molar-refractivity contribution >= 4 is 28.5 Å². The number of carbonyl (C=O) groups excluding carboxylic acids is 1. The molecule has 0 saturated carbocycles. The van der Waals surface area contributed by atoms with Crippen LogP contribution in [0.1, 0.15) is 35.9 Å². The van der Waals surface area contributed by atoms with Crippen molar-refractivity contribution in [1.29, 1.82) is 0 Å². The maximum atomic E-state index is 13.2. The van der Waals surface area contributed by atoms with Crippen molar-refractivity contribution in [2.45, 2.75) is 33.4 Å². The zero-order valence-corrected chi connectivity index (χ0v) is 17.1. The predicted molar refractivity (Wildman–Crippen MR) is 111 cm³/mol. The van der Waals surface area contributed by atoms with Gasteiger partial charge >= 0.3 is 0 Å². The fourth-order valence-electron chi connectivity index (χ4n) is 3.17. The van der Waals surface area contributed by atoms with Crippen LogP contribution in [-0.4, -0.2) is 27.0 Å². The van der Waals surface area contributed by atoms with Crippen LogP contribution in [0.25, 0.3) is 22.4 Å². The zero-order valence-electron chi connectivity index (χ0n) is 16.3. The maximum Gasteiger partial charge on any atom is 0.290 e. The zero-order chi connectivity index (χ0) is 20.5. The van der Waals surface area contributed by atoms with Crippen molar-refractivity contribution in [2.24, 2.45) is 0 Å². The molecule has 1 amide bonds. The topological polar surface area (TPSA) is 72.4 Å². The molecule has 0 unspecified atom stereocenters. The molecule has 6 nitrogen and oxygen atoms in total. The second-order valence-corrected chi connectivity index (χ2v) is 7.52. The lowest BCUT2D eigenvalue weighted by molar-refractivity contribution is 0.0641. The minimum atomic E-state index is -0.208. The largest absolute Gasteiger partial charge is 0.451 e. The summed E-state index contributed by atoms with van der Waals surface area (Å²) in [7, 11) is 0. The molecule has 4 aromatic rings. The molecule has 29 heavy (non-hydrogen) atoms. The lowest BCUT2D eigenvalue weighted by atomic mass is 10.1. The minimum absolute atomic E-state index is 0.0824. The third-order valence-electron chi connectivity index (χ3n) is 4.79. The molecule has 0 aliphatic heterocycles. The number of aromatic nitrogens is 2. The number of aryl methyl sites for hydroxylation is 1. The number of hydrogen-bond donors (Lipinski definition) is 0. The van der Waals surface area contributed by atoms with E-state index >= 15 is 0 Å². The summed E-state index contributed by atoms with van der Waals surface area (Å²) in [6.07, 6.45) is 0. The number of rotatable bonds is 5. The first-order chi connectivity index (χ1) is 13.9. The number of amides is 1. The van der Waals surface area contributed by atoms with Gasteiger partial charge in [0.2, 0.25) is 11.8 Å². The van der Waals surface area contributed by atoms with E-state index in [0.717, 1.165) is 16.5 Å². The maximum absolute atomic E-state index is 13.2. The van der Waals surface area contributed by atoms with Crippen LogP contribution in [0.15, 0.2) is 57.4 Å². The molecule has 0 spiro atoms. The van der Waals surface area contributed by atoms with E-state index in [2.05, 4.69) is 10.2 Å². The number of nitrogens with zero attached hydrogens (tertiary/aromatic N) is 3. The Kier molecular flexibility index (Phi) is 5.11. The van der Waals surface area contributed by atoms with Crippen molar-refractivity contribution in [1.82, 2.24) is 15.1 Å². The van der Waals surface area contributed by atoms with Gasteiger partial charge < -0.3 is 13.7 Å². The number of hydrogen-bond acceptors (Lipinski definition) is 5. The van der Waals surface area contributed by atoms with Crippen LogP contribution in [-0.2, 0) is 6.54 Å². The third kappa shape index (κ3) is 3.76. The quantitative estimate of drug-likeness (QED) is 0.435. The second-order valence-electron chi connectivity index (χ2n) is 7.09. The highest BCUT2D eigenvalue weighted by Gasteiger charge is 2.27. The SMILES string of the molecule is Cc1c(C(=O)N(Cc2nnc(-c3ccc(Cl)cc3)o2)C(C)C)oc2ccccc12. The molecule has 2 aromatic carbocycles. The van der Waals surface area contributed by atoms with E-state index in [0.29, 0.717) is 28.1 Å². The number of halogens is 1. The molecule has 7 heteroatoms. The smallest absolute Gasteiger partial charge is 0.290 e. The Labute approximate surface area is 173 Å². The highest BCUT2D eigenvalue weighted by molar-refractivity contribution is 6.30. The Morgan fingerprint density at radius 3 is 2.48 bits per heavy atom. The van der Waals surface area contributed by atoms with Crippen LogP contribution in [0.5, 0.6) is 0 Å². The van der Waals surface area contributed by atoms with Crippen LogP contribution in [0.4, 0.5) is 0 Å². The molecule has 4 rings (SSSR count). The molecule has 0 atom stereocenters. The predicted octanol–water partition coefficient (Wildman–Crippen LogP) is 5.50. The van der Waals surface area contributed by atoms with Gasteiger partial charge in [0, 0.05) is 27.6 Å². The lowest BCUT2D eigenvalue weighted by Crippen LogP contribution is -2.36. The van der Waals surface area contributed by atoms with Gasteiger partial charge in [-0.25, -0.2) is 0 Å². The molecule has 2 aromatic heterocycles.